The molecule has 9 heteroatoms. The zero-order chi connectivity index (χ0) is 24.4. The van der Waals surface area contributed by atoms with E-state index in [4.69, 9.17) is 23.7 Å². The van der Waals surface area contributed by atoms with Gasteiger partial charge in [0, 0.05) is 19.7 Å². The average molecular weight is 454 g/mol. The zero-order valence-corrected chi connectivity index (χ0v) is 20.4. The molecule has 0 unspecified atom stereocenters. The molecule has 9 nitrogen and oxygen atoms in total. The van der Waals surface area contributed by atoms with Crippen molar-refractivity contribution in [3.05, 3.63) is 12.2 Å². The summed E-state index contributed by atoms with van der Waals surface area (Å²) >= 11 is 0. The van der Waals surface area contributed by atoms with E-state index in [0.717, 1.165) is 0 Å². The minimum absolute atomic E-state index is 0.0424. The predicted molar refractivity (Wildman–Crippen MR) is 113 cm³/mol. The summed E-state index contributed by atoms with van der Waals surface area (Å²) in [4.78, 5) is 40.9. The highest BCUT2D eigenvalue weighted by molar-refractivity contribution is 6.05. The molecule has 5 atom stereocenters. The summed E-state index contributed by atoms with van der Waals surface area (Å²) in [6.45, 7) is 15.9. The summed E-state index contributed by atoms with van der Waals surface area (Å²) in [6, 6.07) is 0. The van der Waals surface area contributed by atoms with Crippen LogP contribution in [0.5, 0.6) is 0 Å². The van der Waals surface area contributed by atoms with E-state index in [1.54, 1.807) is 62.6 Å². The molecule has 2 heterocycles. The molecule has 1 spiro atoms. The van der Waals surface area contributed by atoms with Crippen LogP contribution < -0.4 is 0 Å². The fourth-order valence-corrected chi connectivity index (χ4v) is 4.37. The highest BCUT2D eigenvalue weighted by Gasteiger charge is 2.69. The van der Waals surface area contributed by atoms with Crippen LogP contribution in [0.25, 0.3) is 0 Å². The number of carbonyl (C=O) groups is 3. The molecule has 3 fully saturated rings. The summed E-state index contributed by atoms with van der Waals surface area (Å²) in [7, 11) is 3.11. The first-order chi connectivity index (χ1) is 14.4. The second-order valence-electron chi connectivity index (χ2n) is 10.9. The third-order valence-corrected chi connectivity index (χ3v) is 5.94. The van der Waals surface area contributed by atoms with Crippen molar-refractivity contribution in [2.45, 2.75) is 84.0 Å². The monoisotopic (exact) mass is 453 g/mol. The minimum atomic E-state index is -1.46. The molecule has 0 radical (unpaired) electrons. The molecule has 0 bridgehead atoms. The number of esters is 1. The number of likely N-dealkylation sites (N-methyl/N-ethyl adjacent to an activating group) is 1. The van der Waals surface area contributed by atoms with Crippen molar-refractivity contribution < 1.29 is 38.1 Å². The smallest absolute Gasteiger partial charge is 0.312 e. The Bertz CT molecular complexity index is 839. The number of Topliss-reactive ketones (excluding diaryl/α,β-unsaturated/α-hetero) is 1. The van der Waals surface area contributed by atoms with Gasteiger partial charge in [-0.25, -0.2) is 0 Å². The van der Waals surface area contributed by atoms with Crippen LogP contribution in [-0.2, 0) is 38.1 Å². The van der Waals surface area contributed by atoms with Gasteiger partial charge in [-0.05, 0) is 48.5 Å². The minimum Gasteiger partial charge on any atom is -0.451 e. The first kappa shape index (κ1) is 24.8. The van der Waals surface area contributed by atoms with E-state index < -0.39 is 64.5 Å². The van der Waals surface area contributed by atoms with E-state index in [-0.39, 0.29) is 12.2 Å². The fourth-order valence-electron chi connectivity index (χ4n) is 4.37. The largest absolute Gasteiger partial charge is 0.451 e. The van der Waals surface area contributed by atoms with Gasteiger partial charge < -0.3 is 28.6 Å². The van der Waals surface area contributed by atoms with Crippen molar-refractivity contribution in [1.29, 1.82) is 0 Å². The number of nitrogens with zero attached hydrogens (tertiary/aromatic N) is 1. The van der Waals surface area contributed by atoms with Gasteiger partial charge in [0.25, 0.3) is 5.91 Å². The van der Waals surface area contributed by atoms with Crippen LogP contribution in [0.2, 0.25) is 0 Å². The van der Waals surface area contributed by atoms with E-state index in [2.05, 4.69) is 6.58 Å². The summed E-state index contributed by atoms with van der Waals surface area (Å²) in [5.41, 5.74) is -2.24. The Morgan fingerprint density at radius 3 is 2.19 bits per heavy atom. The highest BCUT2D eigenvalue weighted by Crippen LogP contribution is 2.51. The van der Waals surface area contributed by atoms with Gasteiger partial charge in [-0.3, -0.25) is 14.4 Å². The second-order valence-corrected chi connectivity index (χ2v) is 10.9. The Morgan fingerprint density at radius 2 is 1.72 bits per heavy atom. The molecule has 2 aliphatic heterocycles. The summed E-state index contributed by atoms with van der Waals surface area (Å²) in [6.07, 6.45) is -3.02. The van der Waals surface area contributed by atoms with Gasteiger partial charge in [0.1, 0.15) is 12.2 Å². The third-order valence-electron chi connectivity index (χ3n) is 5.94. The number of fused-ring (bicyclic) bond motifs is 2. The van der Waals surface area contributed by atoms with E-state index in [1.165, 1.54) is 4.90 Å². The molecule has 32 heavy (non-hydrogen) atoms. The molecule has 0 aromatic rings. The molecule has 1 aliphatic carbocycles. The second kappa shape index (κ2) is 7.62. The van der Waals surface area contributed by atoms with E-state index >= 15 is 0 Å². The summed E-state index contributed by atoms with van der Waals surface area (Å²) in [5.74, 6) is -4.53. The van der Waals surface area contributed by atoms with Crippen LogP contribution in [0.1, 0.15) is 48.5 Å². The van der Waals surface area contributed by atoms with Crippen LogP contribution >= 0.6 is 0 Å². The summed E-state index contributed by atoms with van der Waals surface area (Å²) in [5, 5.41) is 0. The van der Waals surface area contributed by atoms with Crippen molar-refractivity contribution in [2.75, 3.05) is 20.7 Å². The molecule has 2 saturated heterocycles. The predicted octanol–water partition coefficient (Wildman–Crippen LogP) is 1.83. The maximum atomic E-state index is 13.7. The maximum Gasteiger partial charge on any atom is 0.312 e. The van der Waals surface area contributed by atoms with Crippen LogP contribution in [0.3, 0.4) is 0 Å². The van der Waals surface area contributed by atoms with Crippen LogP contribution in [0, 0.1) is 11.3 Å². The molecule has 1 amide bonds. The van der Waals surface area contributed by atoms with Gasteiger partial charge in [0.15, 0.2) is 29.1 Å². The quantitative estimate of drug-likeness (QED) is 0.471. The lowest BCUT2D eigenvalue weighted by atomic mass is 9.69. The Kier molecular flexibility index (Phi) is 5.91. The number of carbonyl (C=O) groups excluding carboxylic acids is 3. The maximum absolute atomic E-state index is 13.7. The molecular formula is C23H35NO8. The van der Waals surface area contributed by atoms with Crippen molar-refractivity contribution >= 4 is 17.7 Å². The van der Waals surface area contributed by atoms with Crippen LogP contribution in [0.4, 0.5) is 0 Å². The Morgan fingerprint density at radius 1 is 1.12 bits per heavy atom. The fraction of sp³-hybridized carbons (Fsp3) is 0.783. The highest BCUT2D eigenvalue weighted by atomic mass is 16.8. The van der Waals surface area contributed by atoms with E-state index in [9.17, 15) is 14.4 Å². The lowest BCUT2D eigenvalue weighted by Crippen LogP contribution is -2.65. The van der Waals surface area contributed by atoms with Gasteiger partial charge >= 0.3 is 5.97 Å². The third kappa shape index (κ3) is 4.11. The SMILES string of the molecule is C=C1C(=O)[C@@]2(COC(C)(C)O2)[C@H]2OC(C)(C)O[C@H]2[C@H]1[C@H](OC(=O)C(C)(C)C)C(=O)N(C)C. The molecule has 180 valence electrons. The zero-order valence-electron chi connectivity index (χ0n) is 20.4. The molecule has 0 N–H and O–H groups in total. The van der Waals surface area contributed by atoms with E-state index in [0.29, 0.717) is 0 Å². The Labute approximate surface area is 189 Å². The van der Waals surface area contributed by atoms with Gasteiger partial charge in [-0.1, -0.05) is 6.58 Å². The van der Waals surface area contributed by atoms with Crippen LogP contribution in [0.15, 0.2) is 12.2 Å². The van der Waals surface area contributed by atoms with Crippen molar-refractivity contribution in [3.63, 3.8) is 0 Å². The first-order valence-corrected chi connectivity index (χ1v) is 10.8. The molecule has 3 aliphatic rings. The number of ether oxygens (including phenoxy) is 5. The molecular weight excluding hydrogens is 418 g/mol. The number of ketones is 1. The van der Waals surface area contributed by atoms with Gasteiger partial charge in [0.2, 0.25) is 0 Å². The molecule has 0 aromatic heterocycles. The summed E-state index contributed by atoms with van der Waals surface area (Å²) < 4.78 is 29.9. The normalized spacial score (nSPS) is 34.3. The van der Waals surface area contributed by atoms with Gasteiger partial charge in [0.05, 0.1) is 17.9 Å². The van der Waals surface area contributed by atoms with Crippen molar-refractivity contribution in [1.82, 2.24) is 4.90 Å². The first-order valence-electron chi connectivity index (χ1n) is 10.8. The van der Waals surface area contributed by atoms with Crippen molar-refractivity contribution in [3.8, 4) is 0 Å². The molecule has 3 rings (SSSR count). The number of hydrogen-bond donors (Lipinski definition) is 0. The van der Waals surface area contributed by atoms with Gasteiger partial charge in [-0.2, -0.15) is 0 Å². The number of hydrogen-bond acceptors (Lipinski definition) is 8. The van der Waals surface area contributed by atoms with Crippen LogP contribution in [-0.4, -0.2) is 78.7 Å². The van der Waals surface area contributed by atoms with Crippen molar-refractivity contribution in [2.24, 2.45) is 11.3 Å². The topological polar surface area (TPSA) is 101 Å². The standard InChI is InChI=1S/C23H35NO8/c1-12-13(15(18(26)24(9)10)29-19(27)20(2,3)4)14-17(31-22(7,8)30-14)23(16(12)25)11-28-21(5,6)32-23/h13-15,17H,1,11H2,2-10H3/t13-,14-,15-,17-,23-/m0/s1. The lowest BCUT2D eigenvalue weighted by molar-refractivity contribution is -0.206. The Balaban J connectivity index is 2.08. The lowest BCUT2D eigenvalue weighted by Gasteiger charge is -2.45. The van der Waals surface area contributed by atoms with E-state index in [1.807, 2.05) is 0 Å². The molecule has 0 aromatic carbocycles. The number of rotatable bonds is 3. The average Bonchev–Trinajstić information content (AvgIpc) is 3.14. The van der Waals surface area contributed by atoms with Gasteiger partial charge in [-0.15, -0.1) is 0 Å². The number of amides is 1. The molecule has 1 saturated carbocycles. The Hall–Kier alpha value is -1.81.